The maximum absolute atomic E-state index is 10.6. The summed E-state index contributed by atoms with van der Waals surface area (Å²) >= 11 is 3.37. The van der Waals surface area contributed by atoms with Gasteiger partial charge in [-0.25, -0.2) is 4.79 Å². The van der Waals surface area contributed by atoms with E-state index in [2.05, 4.69) is 34.7 Å². The van der Waals surface area contributed by atoms with Crippen molar-refractivity contribution >= 4 is 28.0 Å². The average Bonchev–Trinajstić information content (AvgIpc) is 2.43. The van der Waals surface area contributed by atoms with Crippen LogP contribution in [0.1, 0.15) is 19.4 Å². The fourth-order valence-electron chi connectivity index (χ4n) is 1.77. The lowest BCUT2D eigenvalue weighted by atomic mass is 10.2. The molecule has 0 bridgehead atoms. The largest absolute Gasteiger partial charge is 0.492 e. The van der Waals surface area contributed by atoms with Gasteiger partial charge < -0.3 is 14.7 Å². The molecule has 0 saturated heterocycles. The van der Waals surface area contributed by atoms with Crippen molar-refractivity contribution in [2.45, 2.75) is 13.8 Å². The number of carboxylic acids is 1. The molecule has 1 rings (SSSR count). The molecular formula is C15H20BrNO3. The zero-order chi connectivity index (χ0) is 15.0. The predicted octanol–water partition coefficient (Wildman–Crippen LogP) is 3.27. The summed E-state index contributed by atoms with van der Waals surface area (Å²) in [5.74, 6) is -0.281. The van der Waals surface area contributed by atoms with Crippen molar-refractivity contribution in [2.75, 3.05) is 26.2 Å². The van der Waals surface area contributed by atoms with Crippen LogP contribution in [-0.2, 0) is 4.79 Å². The van der Waals surface area contributed by atoms with E-state index in [0.717, 1.165) is 35.7 Å². The van der Waals surface area contributed by atoms with E-state index in [9.17, 15) is 4.79 Å². The number of ether oxygens (including phenoxy) is 1. The molecule has 0 aromatic heterocycles. The lowest BCUT2D eigenvalue weighted by Crippen LogP contribution is -2.28. The number of nitrogens with zero attached hydrogens (tertiary/aromatic N) is 1. The van der Waals surface area contributed by atoms with Gasteiger partial charge in [-0.3, -0.25) is 0 Å². The normalized spacial score (nSPS) is 11.2. The van der Waals surface area contributed by atoms with Crippen LogP contribution < -0.4 is 4.74 Å². The van der Waals surface area contributed by atoms with Crippen LogP contribution in [0.2, 0.25) is 0 Å². The van der Waals surface area contributed by atoms with Crippen LogP contribution in [0.4, 0.5) is 0 Å². The van der Waals surface area contributed by atoms with Gasteiger partial charge in [0.25, 0.3) is 0 Å². The zero-order valence-corrected chi connectivity index (χ0v) is 13.4. The van der Waals surface area contributed by atoms with Crippen LogP contribution in [0.25, 0.3) is 6.08 Å². The minimum Gasteiger partial charge on any atom is -0.492 e. The molecule has 0 unspecified atom stereocenters. The Bertz CT molecular complexity index is 470. The molecule has 0 aliphatic rings. The molecule has 0 aliphatic heterocycles. The Kier molecular flexibility index (Phi) is 7.33. The predicted molar refractivity (Wildman–Crippen MR) is 84.1 cm³/mol. The summed E-state index contributed by atoms with van der Waals surface area (Å²) < 4.78 is 6.64. The average molecular weight is 342 g/mol. The maximum atomic E-state index is 10.6. The first-order valence-corrected chi connectivity index (χ1v) is 7.41. The van der Waals surface area contributed by atoms with E-state index in [1.165, 1.54) is 0 Å². The summed E-state index contributed by atoms with van der Waals surface area (Å²) in [4.78, 5) is 12.9. The number of benzene rings is 1. The van der Waals surface area contributed by atoms with Gasteiger partial charge in [-0.15, -0.1) is 0 Å². The quantitative estimate of drug-likeness (QED) is 0.737. The number of rotatable bonds is 8. The number of halogens is 1. The molecule has 0 amide bonds. The van der Waals surface area contributed by atoms with Gasteiger partial charge in [-0.1, -0.05) is 29.8 Å². The van der Waals surface area contributed by atoms with Crippen molar-refractivity contribution in [1.29, 1.82) is 0 Å². The van der Waals surface area contributed by atoms with E-state index in [-0.39, 0.29) is 0 Å². The summed E-state index contributed by atoms with van der Waals surface area (Å²) in [6.45, 7) is 7.65. The molecule has 20 heavy (non-hydrogen) atoms. The Balaban J connectivity index is 2.71. The van der Waals surface area contributed by atoms with Crippen molar-refractivity contribution in [1.82, 2.24) is 4.90 Å². The zero-order valence-electron chi connectivity index (χ0n) is 11.8. The molecule has 0 atom stereocenters. The number of carbonyl (C=O) groups is 1. The number of carboxylic acid groups (broad SMARTS) is 1. The number of likely N-dealkylation sites (N-methyl/N-ethyl adjacent to an activating group) is 1. The second kappa shape index (κ2) is 8.76. The lowest BCUT2D eigenvalue weighted by Gasteiger charge is -2.18. The Morgan fingerprint density at radius 1 is 1.40 bits per heavy atom. The second-order valence-electron chi connectivity index (χ2n) is 4.23. The minimum atomic E-state index is -0.973. The van der Waals surface area contributed by atoms with Gasteiger partial charge in [0, 0.05) is 22.7 Å². The Morgan fingerprint density at radius 2 is 2.10 bits per heavy atom. The standard InChI is InChI=1S/C15H20BrNO3/c1-3-17(4-2)9-10-20-14-7-6-13(16)11-12(14)5-8-15(18)19/h5-8,11H,3-4,9-10H2,1-2H3,(H,18,19). The molecule has 0 radical (unpaired) electrons. The highest BCUT2D eigenvalue weighted by molar-refractivity contribution is 9.10. The second-order valence-corrected chi connectivity index (χ2v) is 5.14. The van der Waals surface area contributed by atoms with Gasteiger partial charge >= 0.3 is 5.97 Å². The molecule has 0 heterocycles. The van der Waals surface area contributed by atoms with Gasteiger partial charge in [0.15, 0.2) is 0 Å². The highest BCUT2D eigenvalue weighted by Crippen LogP contribution is 2.24. The lowest BCUT2D eigenvalue weighted by molar-refractivity contribution is -0.131. The molecule has 1 N–H and O–H groups in total. The Labute approximate surface area is 128 Å². The highest BCUT2D eigenvalue weighted by atomic mass is 79.9. The summed E-state index contributed by atoms with van der Waals surface area (Å²) in [5.41, 5.74) is 0.751. The number of hydrogen-bond acceptors (Lipinski definition) is 3. The summed E-state index contributed by atoms with van der Waals surface area (Å²) in [5, 5.41) is 8.70. The molecule has 1 aromatic carbocycles. The monoisotopic (exact) mass is 341 g/mol. The molecule has 0 saturated carbocycles. The molecule has 0 spiro atoms. The van der Waals surface area contributed by atoms with Crippen LogP contribution in [0, 0.1) is 0 Å². The summed E-state index contributed by atoms with van der Waals surface area (Å²) in [6, 6.07) is 5.56. The Morgan fingerprint density at radius 3 is 2.70 bits per heavy atom. The minimum absolute atomic E-state index is 0.581. The van der Waals surface area contributed by atoms with Crippen molar-refractivity contribution in [3.8, 4) is 5.75 Å². The van der Waals surface area contributed by atoms with Gasteiger partial charge in [-0.05, 0) is 37.4 Å². The topological polar surface area (TPSA) is 49.8 Å². The number of hydrogen-bond donors (Lipinski definition) is 1. The molecule has 5 heteroatoms. The molecule has 110 valence electrons. The molecule has 0 fully saturated rings. The van der Waals surface area contributed by atoms with E-state index >= 15 is 0 Å². The molecule has 0 aliphatic carbocycles. The first-order chi connectivity index (χ1) is 9.56. The van der Waals surface area contributed by atoms with Crippen molar-refractivity contribution in [2.24, 2.45) is 0 Å². The van der Waals surface area contributed by atoms with Crippen LogP contribution in [0.15, 0.2) is 28.7 Å². The van der Waals surface area contributed by atoms with E-state index in [4.69, 9.17) is 9.84 Å². The third-order valence-electron chi connectivity index (χ3n) is 2.94. The molecule has 4 nitrogen and oxygen atoms in total. The third kappa shape index (κ3) is 5.75. The third-order valence-corrected chi connectivity index (χ3v) is 3.43. The van der Waals surface area contributed by atoms with Gasteiger partial charge in [0.05, 0.1) is 0 Å². The SMILES string of the molecule is CCN(CC)CCOc1ccc(Br)cc1C=CC(=O)O. The Hall–Kier alpha value is -1.33. The smallest absolute Gasteiger partial charge is 0.328 e. The molecule has 1 aromatic rings. The van der Waals surface area contributed by atoms with Crippen molar-refractivity contribution in [3.63, 3.8) is 0 Å². The first-order valence-electron chi connectivity index (χ1n) is 6.62. The fraction of sp³-hybridized carbons (Fsp3) is 0.400. The fourth-order valence-corrected chi connectivity index (χ4v) is 2.15. The van der Waals surface area contributed by atoms with Gasteiger partial charge in [-0.2, -0.15) is 0 Å². The van der Waals surface area contributed by atoms with Gasteiger partial charge in [0.2, 0.25) is 0 Å². The van der Waals surface area contributed by atoms with Crippen molar-refractivity contribution < 1.29 is 14.6 Å². The van der Waals surface area contributed by atoms with E-state index < -0.39 is 5.97 Å². The number of aliphatic carboxylic acids is 1. The first kappa shape index (κ1) is 16.7. The maximum Gasteiger partial charge on any atom is 0.328 e. The van der Waals surface area contributed by atoms with E-state index in [1.54, 1.807) is 6.08 Å². The molecular weight excluding hydrogens is 322 g/mol. The van der Waals surface area contributed by atoms with Crippen LogP contribution in [0.5, 0.6) is 5.75 Å². The van der Waals surface area contributed by atoms with Crippen LogP contribution in [0.3, 0.4) is 0 Å². The van der Waals surface area contributed by atoms with E-state index in [0.29, 0.717) is 12.4 Å². The summed E-state index contributed by atoms with van der Waals surface area (Å²) in [7, 11) is 0. The van der Waals surface area contributed by atoms with E-state index in [1.807, 2.05) is 18.2 Å². The summed E-state index contributed by atoms with van der Waals surface area (Å²) in [6.07, 6.45) is 2.65. The van der Waals surface area contributed by atoms with Gasteiger partial charge in [0.1, 0.15) is 12.4 Å². The van der Waals surface area contributed by atoms with Crippen molar-refractivity contribution in [3.05, 3.63) is 34.3 Å². The van der Waals surface area contributed by atoms with Crippen LogP contribution in [-0.4, -0.2) is 42.2 Å². The highest BCUT2D eigenvalue weighted by Gasteiger charge is 2.04. The van der Waals surface area contributed by atoms with Crippen LogP contribution >= 0.6 is 15.9 Å².